The van der Waals surface area contributed by atoms with Crippen molar-refractivity contribution in [3.8, 4) is 11.4 Å². The minimum atomic E-state index is -0.994. The fourth-order valence-corrected chi connectivity index (χ4v) is 1.87. The molecule has 2 aromatic carbocycles. The molecule has 0 aliphatic rings. The number of aliphatic hydroxyl groups is 1. The molecule has 3 aromatic rings. The highest BCUT2D eigenvalue weighted by Gasteiger charge is 2.18. The summed E-state index contributed by atoms with van der Waals surface area (Å²) in [6.07, 6.45) is -0.994. The lowest BCUT2D eigenvalue weighted by Gasteiger charge is -2.04. The van der Waals surface area contributed by atoms with Gasteiger partial charge in [0.25, 0.3) is 5.89 Å². The lowest BCUT2D eigenvalue weighted by molar-refractivity contribution is 0.170. The number of halogens is 1. The fraction of sp³-hybridized carbons (Fsp3) is 0.0667. The number of hydrogen-bond donors (Lipinski definition) is 1. The quantitative estimate of drug-likeness (QED) is 0.795. The van der Waals surface area contributed by atoms with Crippen LogP contribution in [0.1, 0.15) is 17.6 Å². The highest BCUT2D eigenvalue weighted by molar-refractivity contribution is 5.54. The SMILES string of the molecule is OC(c1ccccc1)c1nc(-c2cccc(F)c2)no1. The zero-order chi connectivity index (χ0) is 13.9. The Kier molecular flexibility index (Phi) is 3.26. The predicted molar refractivity (Wildman–Crippen MR) is 70.2 cm³/mol. The molecule has 0 radical (unpaired) electrons. The van der Waals surface area contributed by atoms with Crippen molar-refractivity contribution in [2.24, 2.45) is 0 Å². The lowest BCUT2D eigenvalue weighted by atomic mass is 10.1. The summed E-state index contributed by atoms with van der Waals surface area (Å²) in [7, 11) is 0. The Morgan fingerprint density at radius 1 is 1.05 bits per heavy atom. The Labute approximate surface area is 114 Å². The maximum atomic E-state index is 13.1. The zero-order valence-corrected chi connectivity index (χ0v) is 10.4. The smallest absolute Gasteiger partial charge is 0.260 e. The molecule has 1 heterocycles. The van der Waals surface area contributed by atoms with Crippen LogP contribution in [0.25, 0.3) is 11.4 Å². The van der Waals surface area contributed by atoms with Crippen molar-refractivity contribution >= 4 is 0 Å². The van der Waals surface area contributed by atoms with E-state index in [1.807, 2.05) is 18.2 Å². The van der Waals surface area contributed by atoms with E-state index < -0.39 is 6.10 Å². The second kappa shape index (κ2) is 5.22. The van der Waals surface area contributed by atoms with E-state index in [4.69, 9.17) is 4.52 Å². The minimum Gasteiger partial charge on any atom is -0.378 e. The molecule has 4 nitrogen and oxygen atoms in total. The van der Waals surface area contributed by atoms with E-state index in [-0.39, 0.29) is 17.5 Å². The van der Waals surface area contributed by atoms with Crippen molar-refractivity contribution in [2.45, 2.75) is 6.10 Å². The molecule has 0 aliphatic heterocycles. The molecule has 0 saturated carbocycles. The van der Waals surface area contributed by atoms with Crippen LogP contribution in [0.5, 0.6) is 0 Å². The van der Waals surface area contributed by atoms with Gasteiger partial charge in [-0.05, 0) is 17.7 Å². The molecule has 0 aliphatic carbocycles. The van der Waals surface area contributed by atoms with Crippen LogP contribution in [-0.4, -0.2) is 15.2 Å². The first-order valence-corrected chi connectivity index (χ1v) is 6.06. The van der Waals surface area contributed by atoms with Gasteiger partial charge in [0, 0.05) is 5.56 Å². The molecule has 0 saturated heterocycles. The third-order valence-corrected chi connectivity index (χ3v) is 2.87. The van der Waals surface area contributed by atoms with Crippen LogP contribution >= 0.6 is 0 Å². The van der Waals surface area contributed by atoms with Crippen LogP contribution in [0.15, 0.2) is 59.1 Å². The predicted octanol–water partition coefficient (Wildman–Crippen LogP) is 2.96. The number of aliphatic hydroxyl groups excluding tert-OH is 1. The maximum Gasteiger partial charge on any atom is 0.260 e. The van der Waals surface area contributed by atoms with Crippen LogP contribution in [0.4, 0.5) is 4.39 Å². The van der Waals surface area contributed by atoms with Crippen LogP contribution < -0.4 is 0 Å². The van der Waals surface area contributed by atoms with E-state index in [1.54, 1.807) is 24.3 Å². The summed E-state index contributed by atoms with van der Waals surface area (Å²) in [4.78, 5) is 4.10. The van der Waals surface area contributed by atoms with Crippen molar-refractivity contribution in [1.29, 1.82) is 0 Å². The van der Waals surface area contributed by atoms with E-state index in [0.717, 1.165) is 0 Å². The van der Waals surface area contributed by atoms with Gasteiger partial charge in [0.15, 0.2) is 6.10 Å². The Bertz CT molecular complexity index is 713. The van der Waals surface area contributed by atoms with Gasteiger partial charge in [-0.2, -0.15) is 4.98 Å². The van der Waals surface area contributed by atoms with Crippen molar-refractivity contribution < 1.29 is 14.0 Å². The molecular weight excluding hydrogens is 259 g/mol. The summed E-state index contributed by atoms with van der Waals surface area (Å²) in [5.74, 6) is -0.0533. The Hall–Kier alpha value is -2.53. The number of aromatic nitrogens is 2. The summed E-state index contributed by atoms with van der Waals surface area (Å²) >= 11 is 0. The molecule has 1 aromatic heterocycles. The van der Waals surface area contributed by atoms with Crippen LogP contribution in [0.2, 0.25) is 0 Å². The summed E-state index contributed by atoms with van der Waals surface area (Å²) in [5, 5.41) is 13.9. The van der Waals surface area contributed by atoms with E-state index >= 15 is 0 Å². The van der Waals surface area contributed by atoms with Crippen molar-refractivity contribution in [3.63, 3.8) is 0 Å². The number of benzene rings is 2. The molecular formula is C15H11FN2O2. The van der Waals surface area contributed by atoms with Crippen LogP contribution in [-0.2, 0) is 0 Å². The number of nitrogens with zero attached hydrogens (tertiary/aromatic N) is 2. The topological polar surface area (TPSA) is 59.2 Å². The Balaban J connectivity index is 1.91. The highest BCUT2D eigenvalue weighted by Crippen LogP contribution is 2.23. The first-order chi connectivity index (χ1) is 9.74. The molecule has 1 unspecified atom stereocenters. The standard InChI is InChI=1S/C15H11FN2O2/c16-12-8-4-7-11(9-12)14-17-15(20-18-14)13(19)10-5-2-1-3-6-10/h1-9,13,19H. The summed E-state index contributed by atoms with van der Waals surface area (Å²) < 4.78 is 18.2. The van der Waals surface area contributed by atoms with Gasteiger partial charge >= 0.3 is 0 Å². The Morgan fingerprint density at radius 3 is 2.60 bits per heavy atom. The molecule has 5 heteroatoms. The first-order valence-electron chi connectivity index (χ1n) is 6.06. The largest absolute Gasteiger partial charge is 0.378 e. The maximum absolute atomic E-state index is 13.1. The molecule has 20 heavy (non-hydrogen) atoms. The van der Waals surface area contributed by atoms with Crippen molar-refractivity contribution in [3.05, 3.63) is 71.9 Å². The molecule has 1 N–H and O–H groups in total. The minimum absolute atomic E-state index is 0.0791. The summed E-state index contributed by atoms with van der Waals surface area (Å²) in [5.41, 5.74) is 1.15. The third-order valence-electron chi connectivity index (χ3n) is 2.87. The van der Waals surface area contributed by atoms with Crippen LogP contribution in [0.3, 0.4) is 0 Å². The highest BCUT2D eigenvalue weighted by atomic mass is 19.1. The number of rotatable bonds is 3. The fourth-order valence-electron chi connectivity index (χ4n) is 1.87. The average Bonchev–Trinajstić information content (AvgIpc) is 2.97. The van der Waals surface area contributed by atoms with Crippen LogP contribution in [0, 0.1) is 5.82 Å². The van der Waals surface area contributed by atoms with E-state index in [2.05, 4.69) is 10.1 Å². The molecule has 100 valence electrons. The Morgan fingerprint density at radius 2 is 1.85 bits per heavy atom. The zero-order valence-electron chi connectivity index (χ0n) is 10.4. The van der Waals surface area contributed by atoms with Crippen molar-refractivity contribution in [2.75, 3.05) is 0 Å². The molecule has 0 fully saturated rings. The molecule has 0 spiro atoms. The van der Waals surface area contributed by atoms with Gasteiger partial charge in [-0.1, -0.05) is 47.6 Å². The lowest BCUT2D eigenvalue weighted by Crippen LogP contribution is -1.99. The van der Waals surface area contributed by atoms with Gasteiger partial charge < -0.3 is 9.63 Å². The van der Waals surface area contributed by atoms with Gasteiger partial charge in [0.05, 0.1) is 0 Å². The first kappa shape index (κ1) is 12.5. The average molecular weight is 270 g/mol. The van der Waals surface area contributed by atoms with E-state index in [0.29, 0.717) is 11.1 Å². The van der Waals surface area contributed by atoms with E-state index in [9.17, 15) is 9.50 Å². The monoisotopic (exact) mass is 270 g/mol. The third kappa shape index (κ3) is 2.44. The second-order valence-corrected chi connectivity index (χ2v) is 4.28. The second-order valence-electron chi connectivity index (χ2n) is 4.28. The summed E-state index contributed by atoms with van der Waals surface area (Å²) in [6, 6.07) is 14.9. The van der Waals surface area contributed by atoms with Gasteiger partial charge in [-0.3, -0.25) is 0 Å². The normalized spacial score (nSPS) is 12.3. The molecule has 1 atom stereocenters. The molecule has 0 bridgehead atoms. The van der Waals surface area contributed by atoms with Gasteiger partial charge in [0.1, 0.15) is 5.82 Å². The van der Waals surface area contributed by atoms with Crippen molar-refractivity contribution in [1.82, 2.24) is 10.1 Å². The van der Waals surface area contributed by atoms with Gasteiger partial charge in [-0.15, -0.1) is 0 Å². The molecule has 0 amide bonds. The summed E-state index contributed by atoms with van der Waals surface area (Å²) in [6.45, 7) is 0. The van der Waals surface area contributed by atoms with Gasteiger partial charge in [0.2, 0.25) is 5.82 Å². The van der Waals surface area contributed by atoms with Gasteiger partial charge in [-0.25, -0.2) is 4.39 Å². The number of hydrogen-bond acceptors (Lipinski definition) is 4. The molecule has 3 rings (SSSR count). The van der Waals surface area contributed by atoms with E-state index in [1.165, 1.54) is 12.1 Å².